The molecule has 0 aliphatic rings. The zero-order valence-electron chi connectivity index (χ0n) is 15.3. The molecule has 0 saturated heterocycles. The molecule has 0 saturated carbocycles. The normalized spacial score (nSPS) is 12.5. The third-order valence-electron chi connectivity index (χ3n) is 4.07. The predicted octanol–water partition coefficient (Wildman–Crippen LogP) is 4.30. The van der Waals surface area contributed by atoms with Gasteiger partial charge in [0, 0.05) is 5.56 Å². The number of alkyl halides is 5. The van der Waals surface area contributed by atoms with Gasteiger partial charge in [0.2, 0.25) is 10.0 Å². The summed E-state index contributed by atoms with van der Waals surface area (Å²) in [5, 5.41) is 8.67. The van der Waals surface area contributed by atoms with Crippen molar-refractivity contribution in [1.29, 1.82) is 0 Å². The van der Waals surface area contributed by atoms with Gasteiger partial charge in [-0.15, -0.1) is 13.2 Å². The summed E-state index contributed by atoms with van der Waals surface area (Å²) in [6.07, 6.45) is -7.78. The zero-order valence-corrected chi connectivity index (χ0v) is 16.1. The Hall–Kier alpha value is -2.90. The Morgan fingerprint density at radius 3 is 2.23 bits per heavy atom. The van der Waals surface area contributed by atoms with Gasteiger partial charge in [-0.25, -0.2) is 31.4 Å². The molecule has 0 radical (unpaired) electrons. The molecule has 0 fully saturated rings. The van der Waals surface area contributed by atoms with Crippen molar-refractivity contribution in [2.24, 2.45) is 5.14 Å². The van der Waals surface area contributed by atoms with Gasteiger partial charge in [-0.1, -0.05) is 18.2 Å². The molecule has 2 N–H and O–H groups in total. The van der Waals surface area contributed by atoms with Crippen LogP contribution in [0.25, 0.3) is 16.9 Å². The number of nitrogens with zero attached hydrogens (tertiary/aromatic N) is 2. The summed E-state index contributed by atoms with van der Waals surface area (Å²) in [7, 11) is -4.33. The van der Waals surface area contributed by atoms with Gasteiger partial charge in [-0.2, -0.15) is 5.10 Å². The lowest BCUT2D eigenvalue weighted by Crippen LogP contribution is -2.14. The number of halogens is 6. The van der Waals surface area contributed by atoms with Crippen LogP contribution in [0.2, 0.25) is 0 Å². The second-order valence-corrected chi connectivity index (χ2v) is 7.79. The number of nitrogens with two attached hydrogens (primary N) is 1. The SMILES string of the molecule is NS(=O)(=O)c1ccc(-c2cc(C(F)F)nn2-c2ccc(COC(F)(F)F)cc2)cc1F. The molecule has 0 bridgehead atoms. The number of rotatable bonds is 6. The average molecular weight is 465 g/mol. The highest BCUT2D eigenvalue weighted by Gasteiger charge is 2.29. The Morgan fingerprint density at radius 2 is 1.71 bits per heavy atom. The zero-order chi connectivity index (χ0) is 23.0. The Kier molecular flexibility index (Phi) is 6.11. The minimum atomic E-state index is -4.81. The van der Waals surface area contributed by atoms with E-state index in [-0.39, 0.29) is 22.5 Å². The van der Waals surface area contributed by atoms with Crippen LogP contribution in [0.5, 0.6) is 0 Å². The summed E-state index contributed by atoms with van der Waals surface area (Å²) >= 11 is 0. The van der Waals surface area contributed by atoms with Crippen molar-refractivity contribution < 1.29 is 39.5 Å². The predicted molar refractivity (Wildman–Crippen MR) is 96.1 cm³/mol. The van der Waals surface area contributed by atoms with E-state index in [9.17, 15) is 34.8 Å². The van der Waals surface area contributed by atoms with Crippen LogP contribution in [-0.2, 0) is 21.4 Å². The quantitative estimate of drug-likeness (QED) is 0.550. The van der Waals surface area contributed by atoms with Gasteiger partial charge in [0.15, 0.2) is 0 Å². The molecule has 6 nitrogen and oxygen atoms in total. The number of aromatic nitrogens is 2. The number of hydrogen-bond acceptors (Lipinski definition) is 4. The van der Waals surface area contributed by atoms with E-state index in [0.717, 1.165) is 28.9 Å². The Balaban J connectivity index is 2.02. The van der Waals surface area contributed by atoms with Crippen molar-refractivity contribution in [3.05, 3.63) is 65.6 Å². The molecule has 0 unspecified atom stereocenters. The molecular weight excluding hydrogens is 452 g/mol. The molecule has 3 rings (SSSR count). The molecule has 0 aliphatic carbocycles. The van der Waals surface area contributed by atoms with E-state index < -0.39 is 45.8 Å². The summed E-state index contributed by atoms with van der Waals surface area (Å²) in [5.41, 5.74) is -0.278. The summed E-state index contributed by atoms with van der Waals surface area (Å²) in [6, 6.07) is 9.02. The largest absolute Gasteiger partial charge is 0.522 e. The van der Waals surface area contributed by atoms with Gasteiger partial charge in [0.25, 0.3) is 6.43 Å². The maximum Gasteiger partial charge on any atom is 0.522 e. The number of primary sulfonamides is 1. The van der Waals surface area contributed by atoms with Crippen molar-refractivity contribution in [1.82, 2.24) is 9.78 Å². The molecule has 0 atom stereocenters. The van der Waals surface area contributed by atoms with Gasteiger partial charge in [0.1, 0.15) is 16.4 Å². The minimum absolute atomic E-state index is 0.00513. The molecule has 166 valence electrons. The summed E-state index contributed by atoms with van der Waals surface area (Å²) in [6.45, 7) is -0.752. The summed E-state index contributed by atoms with van der Waals surface area (Å²) in [4.78, 5) is -0.773. The second kappa shape index (κ2) is 8.32. The molecule has 13 heteroatoms. The first-order valence-corrected chi connectivity index (χ1v) is 9.90. The van der Waals surface area contributed by atoms with E-state index in [0.29, 0.717) is 0 Å². The van der Waals surface area contributed by atoms with Crippen LogP contribution in [0, 0.1) is 5.82 Å². The summed E-state index contributed by atoms with van der Waals surface area (Å²) < 4.78 is 105. The molecule has 31 heavy (non-hydrogen) atoms. The van der Waals surface area contributed by atoms with Gasteiger partial charge < -0.3 is 0 Å². The van der Waals surface area contributed by atoms with Crippen LogP contribution in [-0.4, -0.2) is 24.6 Å². The van der Waals surface area contributed by atoms with Crippen molar-refractivity contribution >= 4 is 10.0 Å². The molecular formula is C18H13F6N3O3S. The maximum atomic E-state index is 14.2. The lowest BCUT2D eigenvalue weighted by atomic mass is 10.1. The van der Waals surface area contributed by atoms with Crippen LogP contribution in [0.1, 0.15) is 17.7 Å². The Morgan fingerprint density at radius 1 is 1.06 bits per heavy atom. The maximum absolute atomic E-state index is 14.2. The highest BCUT2D eigenvalue weighted by Crippen LogP contribution is 2.30. The lowest BCUT2D eigenvalue weighted by Gasteiger charge is -2.11. The van der Waals surface area contributed by atoms with Crippen molar-refractivity contribution in [3.63, 3.8) is 0 Å². The van der Waals surface area contributed by atoms with Crippen LogP contribution in [0.4, 0.5) is 26.3 Å². The molecule has 0 spiro atoms. The third-order valence-corrected chi connectivity index (χ3v) is 5.01. The first-order valence-electron chi connectivity index (χ1n) is 8.36. The van der Waals surface area contributed by atoms with Gasteiger partial charge >= 0.3 is 6.36 Å². The average Bonchev–Trinajstić information content (AvgIpc) is 3.11. The van der Waals surface area contributed by atoms with E-state index in [1.54, 1.807) is 0 Å². The smallest absolute Gasteiger partial charge is 0.287 e. The number of benzene rings is 2. The van der Waals surface area contributed by atoms with Crippen molar-refractivity contribution in [2.75, 3.05) is 0 Å². The molecule has 0 amide bonds. The Labute approximate surface area is 171 Å². The van der Waals surface area contributed by atoms with Gasteiger partial charge in [0.05, 0.1) is 18.0 Å². The van der Waals surface area contributed by atoms with Crippen LogP contribution in [0.15, 0.2) is 53.4 Å². The third kappa shape index (κ3) is 5.42. The molecule has 3 aromatic rings. The lowest BCUT2D eigenvalue weighted by molar-refractivity contribution is -0.330. The highest BCUT2D eigenvalue weighted by atomic mass is 32.2. The number of sulfonamides is 1. The van der Waals surface area contributed by atoms with Crippen molar-refractivity contribution in [2.45, 2.75) is 24.3 Å². The fraction of sp³-hybridized carbons (Fsp3) is 0.167. The van der Waals surface area contributed by atoms with Gasteiger partial charge in [-0.3, -0.25) is 4.74 Å². The highest BCUT2D eigenvalue weighted by molar-refractivity contribution is 7.89. The fourth-order valence-electron chi connectivity index (χ4n) is 2.70. The molecule has 1 heterocycles. The van der Waals surface area contributed by atoms with Crippen LogP contribution in [0.3, 0.4) is 0 Å². The van der Waals surface area contributed by atoms with E-state index in [1.165, 1.54) is 24.3 Å². The van der Waals surface area contributed by atoms with E-state index in [4.69, 9.17) is 5.14 Å². The first kappa shape index (κ1) is 22.8. The second-order valence-electron chi connectivity index (χ2n) is 6.26. The number of hydrogen-bond donors (Lipinski definition) is 1. The minimum Gasteiger partial charge on any atom is -0.287 e. The van der Waals surface area contributed by atoms with Gasteiger partial charge in [-0.05, 0) is 35.9 Å². The van der Waals surface area contributed by atoms with E-state index in [1.807, 2.05) is 0 Å². The summed E-state index contributed by atoms with van der Waals surface area (Å²) in [5.74, 6) is -1.19. The molecule has 0 aliphatic heterocycles. The van der Waals surface area contributed by atoms with Crippen LogP contribution < -0.4 is 5.14 Å². The van der Waals surface area contributed by atoms with Crippen LogP contribution >= 0.6 is 0 Å². The standard InChI is InChI=1S/C18H13F6N3O3S/c19-13-7-11(3-6-16(13)31(25,28)29)15-8-14(17(20)21)26-27(15)12-4-1-10(2-5-12)9-30-18(22,23)24/h1-8,17H,9H2,(H2,25,28,29). The van der Waals surface area contributed by atoms with Crippen molar-refractivity contribution in [3.8, 4) is 16.9 Å². The van der Waals surface area contributed by atoms with E-state index in [2.05, 4.69) is 9.84 Å². The Bertz CT molecular complexity index is 1190. The molecule has 2 aromatic carbocycles. The monoisotopic (exact) mass is 465 g/mol. The molecule has 1 aromatic heterocycles. The topological polar surface area (TPSA) is 87.2 Å². The number of ether oxygens (including phenoxy) is 1. The van der Waals surface area contributed by atoms with E-state index >= 15 is 0 Å². The fourth-order valence-corrected chi connectivity index (χ4v) is 3.29. The first-order chi connectivity index (χ1) is 14.3.